The summed E-state index contributed by atoms with van der Waals surface area (Å²) in [5, 5.41) is 23.4. The molecule has 1 rings (SSSR count). The first-order valence-electron chi connectivity index (χ1n) is 8.76. The van der Waals surface area contributed by atoms with E-state index >= 15 is 0 Å². The molecule has 2 atom stereocenters. The van der Waals surface area contributed by atoms with Gasteiger partial charge in [-0.1, -0.05) is 18.2 Å². The van der Waals surface area contributed by atoms with E-state index in [4.69, 9.17) is 9.47 Å². The topological polar surface area (TPSA) is 88.0 Å². The number of benzene rings is 1. The van der Waals surface area contributed by atoms with E-state index in [-0.39, 0.29) is 12.3 Å². The number of aliphatic hydroxyl groups excluding tert-OH is 2. The van der Waals surface area contributed by atoms with Crippen molar-refractivity contribution in [3.63, 3.8) is 0 Å². The van der Waals surface area contributed by atoms with Crippen LogP contribution in [0.15, 0.2) is 30.3 Å². The quantitative estimate of drug-likeness (QED) is 0.530. The molecule has 0 aliphatic rings. The molecule has 1 amide bonds. The van der Waals surface area contributed by atoms with Crippen molar-refractivity contribution in [3.8, 4) is 0 Å². The zero-order valence-corrected chi connectivity index (χ0v) is 15.6. The van der Waals surface area contributed by atoms with Gasteiger partial charge in [0, 0.05) is 30.7 Å². The summed E-state index contributed by atoms with van der Waals surface area (Å²) in [7, 11) is 0. The molecule has 2 unspecified atom stereocenters. The van der Waals surface area contributed by atoms with Crippen LogP contribution in [0.4, 0.5) is 0 Å². The van der Waals surface area contributed by atoms with Crippen molar-refractivity contribution in [3.05, 3.63) is 35.9 Å². The standard InChI is InChI=1S/C19H31NO5/c1-5-24-18(25-6-2)16(22)12-15(21)13-19(3,4)20-17(23)14-10-8-7-9-11-14/h7-11,15-16,18,21-22H,5-6,12-13H2,1-4H3,(H,20,23). The highest BCUT2D eigenvalue weighted by Crippen LogP contribution is 2.18. The second-order valence-corrected chi connectivity index (χ2v) is 6.64. The third kappa shape index (κ3) is 7.96. The lowest BCUT2D eigenvalue weighted by molar-refractivity contribution is -0.195. The average molecular weight is 353 g/mol. The zero-order valence-electron chi connectivity index (χ0n) is 15.6. The molecule has 25 heavy (non-hydrogen) atoms. The molecule has 3 N–H and O–H groups in total. The molecule has 1 aromatic carbocycles. The van der Waals surface area contributed by atoms with E-state index in [2.05, 4.69) is 5.32 Å². The van der Waals surface area contributed by atoms with Crippen molar-refractivity contribution in [2.45, 2.75) is 64.6 Å². The molecule has 0 radical (unpaired) electrons. The van der Waals surface area contributed by atoms with Crippen molar-refractivity contribution >= 4 is 5.91 Å². The molecular formula is C19H31NO5. The summed E-state index contributed by atoms with van der Waals surface area (Å²) in [6.07, 6.45) is -2.09. The summed E-state index contributed by atoms with van der Waals surface area (Å²) >= 11 is 0. The molecule has 1 aromatic rings. The summed E-state index contributed by atoms with van der Waals surface area (Å²) in [5.74, 6) is -0.195. The Morgan fingerprint density at radius 1 is 1.12 bits per heavy atom. The van der Waals surface area contributed by atoms with Gasteiger partial charge in [-0.3, -0.25) is 4.79 Å². The summed E-state index contributed by atoms with van der Waals surface area (Å²) < 4.78 is 10.7. The van der Waals surface area contributed by atoms with Crippen molar-refractivity contribution in [1.82, 2.24) is 5.32 Å². The minimum atomic E-state index is -0.935. The van der Waals surface area contributed by atoms with Gasteiger partial charge in [-0.25, -0.2) is 0 Å². The van der Waals surface area contributed by atoms with Crippen molar-refractivity contribution in [1.29, 1.82) is 0 Å². The van der Waals surface area contributed by atoms with Crippen molar-refractivity contribution < 1.29 is 24.5 Å². The van der Waals surface area contributed by atoms with Crippen LogP contribution >= 0.6 is 0 Å². The maximum absolute atomic E-state index is 12.3. The number of aliphatic hydroxyl groups is 2. The molecule has 0 heterocycles. The van der Waals surface area contributed by atoms with Crippen molar-refractivity contribution in [2.24, 2.45) is 0 Å². The molecule has 0 saturated carbocycles. The highest BCUT2D eigenvalue weighted by atomic mass is 16.7. The first-order chi connectivity index (χ1) is 11.8. The molecule has 0 bridgehead atoms. The maximum Gasteiger partial charge on any atom is 0.251 e. The maximum atomic E-state index is 12.3. The summed E-state index contributed by atoms with van der Waals surface area (Å²) in [6, 6.07) is 8.92. The van der Waals surface area contributed by atoms with Gasteiger partial charge in [0.15, 0.2) is 6.29 Å². The normalized spacial score (nSPS) is 14.4. The lowest BCUT2D eigenvalue weighted by Crippen LogP contribution is -2.46. The van der Waals surface area contributed by atoms with Gasteiger partial charge in [0.2, 0.25) is 0 Å². The largest absolute Gasteiger partial charge is 0.393 e. The zero-order chi connectivity index (χ0) is 18.9. The van der Waals surface area contributed by atoms with Crippen LogP contribution in [0.25, 0.3) is 0 Å². The van der Waals surface area contributed by atoms with Gasteiger partial charge >= 0.3 is 0 Å². The van der Waals surface area contributed by atoms with Gasteiger partial charge < -0.3 is 25.0 Å². The van der Waals surface area contributed by atoms with Crippen LogP contribution in [0.5, 0.6) is 0 Å². The predicted molar refractivity (Wildman–Crippen MR) is 96.3 cm³/mol. The second kappa shape index (κ2) is 10.5. The minimum absolute atomic E-state index is 0.106. The van der Waals surface area contributed by atoms with E-state index in [1.807, 2.05) is 33.8 Å². The van der Waals surface area contributed by atoms with Crippen LogP contribution in [0.2, 0.25) is 0 Å². The van der Waals surface area contributed by atoms with E-state index in [0.29, 0.717) is 25.2 Å². The van der Waals surface area contributed by atoms with Gasteiger partial charge in [0.1, 0.15) is 6.10 Å². The lowest BCUT2D eigenvalue weighted by atomic mass is 9.93. The Hall–Kier alpha value is -1.47. The number of ether oxygens (including phenoxy) is 2. The molecule has 0 saturated heterocycles. The number of carbonyl (C=O) groups excluding carboxylic acids is 1. The van der Waals surface area contributed by atoms with Gasteiger partial charge in [0.05, 0.1) is 6.10 Å². The van der Waals surface area contributed by atoms with Crippen LogP contribution < -0.4 is 5.32 Å². The smallest absolute Gasteiger partial charge is 0.251 e. The van der Waals surface area contributed by atoms with E-state index in [0.717, 1.165) is 0 Å². The molecule has 0 aliphatic carbocycles. The number of rotatable bonds is 11. The predicted octanol–water partition coefficient (Wildman–Crippen LogP) is 2.10. The molecule has 6 nitrogen and oxygen atoms in total. The molecule has 6 heteroatoms. The van der Waals surface area contributed by atoms with Gasteiger partial charge in [0.25, 0.3) is 5.91 Å². The Bertz CT molecular complexity index is 500. The monoisotopic (exact) mass is 353 g/mol. The van der Waals surface area contributed by atoms with Crippen LogP contribution in [0.1, 0.15) is 50.9 Å². The molecule has 0 aliphatic heterocycles. The first kappa shape index (κ1) is 21.6. The number of amides is 1. The molecular weight excluding hydrogens is 322 g/mol. The van der Waals surface area contributed by atoms with E-state index in [1.54, 1.807) is 24.3 Å². The van der Waals surface area contributed by atoms with Gasteiger partial charge in [-0.2, -0.15) is 0 Å². The average Bonchev–Trinajstić information content (AvgIpc) is 2.54. The van der Waals surface area contributed by atoms with Crippen LogP contribution in [-0.4, -0.2) is 53.4 Å². The fourth-order valence-corrected chi connectivity index (χ4v) is 2.68. The van der Waals surface area contributed by atoms with E-state index < -0.39 is 24.0 Å². The lowest BCUT2D eigenvalue weighted by Gasteiger charge is -2.31. The van der Waals surface area contributed by atoms with Gasteiger partial charge in [-0.15, -0.1) is 0 Å². The summed E-state index contributed by atoms with van der Waals surface area (Å²) in [4.78, 5) is 12.3. The van der Waals surface area contributed by atoms with Crippen LogP contribution in [-0.2, 0) is 9.47 Å². The molecule has 142 valence electrons. The van der Waals surface area contributed by atoms with Gasteiger partial charge in [-0.05, 0) is 46.2 Å². The summed E-state index contributed by atoms with van der Waals surface area (Å²) in [5.41, 5.74) is -0.0587. The number of carbonyl (C=O) groups is 1. The fraction of sp³-hybridized carbons (Fsp3) is 0.632. The summed E-state index contributed by atoms with van der Waals surface area (Å²) in [6.45, 7) is 8.14. The Morgan fingerprint density at radius 3 is 2.20 bits per heavy atom. The third-order valence-electron chi connectivity index (χ3n) is 3.72. The van der Waals surface area contributed by atoms with Crippen LogP contribution in [0, 0.1) is 0 Å². The molecule has 0 aromatic heterocycles. The Morgan fingerprint density at radius 2 is 1.68 bits per heavy atom. The molecule has 0 fully saturated rings. The SMILES string of the molecule is CCOC(OCC)C(O)CC(O)CC(C)(C)NC(=O)c1ccccc1. The van der Waals surface area contributed by atoms with E-state index in [9.17, 15) is 15.0 Å². The highest BCUT2D eigenvalue weighted by Gasteiger charge is 2.28. The number of hydrogen-bond donors (Lipinski definition) is 3. The third-order valence-corrected chi connectivity index (χ3v) is 3.72. The Kier molecular flexibility index (Phi) is 9.06. The second-order valence-electron chi connectivity index (χ2n) is 6.64. The highest BCUT2D eigenvalue weighted by molar-refractivity contribution is 5.94. The number of nitrogens with one attached hydrogen (secondary N) is 1. The Labute approximate surface area is 150 Å². The van der Waals surface area contributed by atoms with Crippen molar-refractivity contribution in [2.75, 3.05) is 13.2 Å². The molecule has 0 spiro atoms. The fourth-order valence-electron chi connectivity index (χ4n) is 2.68. The van der Waals surface area contributed by atoms with E-state index in [1.165, 1.54) is 0 Å². The first-order valence-corrected chi connectivity index (χ1v) is 8.76. The Balaban J connectivity index is 2.55. The minimum Gasteiger partial charge on any atom is -0.393 e. The number of hydrogen-bond acceptors (Lipinski definition) is 5. The van der Waals surface area contributed by atoms with Crippen LogP contribution in [0.3, 0.4) is 0 Å².